The van der Waals surface area contributed by atoms with E-state index in [0.29, 0.717) is 12.0 Å². The van der Waals surface area contributed by atoms with E-state index in [-0.39, 0.29) is 0 Å². The number of benzene rings is 2. The molecule has 0 aliphatic heterocycles. The molecule has 116 valence electrons. The van der Waals surface area contributed by atoms with Gasteiger partial charge in [0, 0.05) is 21.6 Å². The molecule has 0 amide bonds. The van der Waals surface area contributed by atoms with Crippen molar-refractivity contribution < 1.29 is 9.90 Å². The molecule has 23 heavy (non-hydrogen) atoms. The van der Waals surface area contributed by atoms with Crippen molar-refractivity contribution in [1.82, 2.24) is 0 Å². The van der Waals surface area contributed by atoms with Crippen LogP contribution in [0.15, 0.2) is 60.2 Å². The number of hydrogen-bond donors (Lipinski definition) is 1. The number of rotatable bonds is 5. The van der Waals surface area contributed by atoms with Gasteiger partial charge < -0.3 is 5.11 Å². The Bertz CT molecular complexity index is 860. The maximum Gasteiger partial charge on any atom is 0.331 e. The molecule has 0 saturated heterocycles. The molecule has 0 aliphatic rings. The van der Waals surface area contributed by atoms with Crippen LogP contribution in [0.1, 0.15) is 22.9 Å². The highest BCUT2D eigenvalue weighted by atomic mass is 32.1. The molecule has 0 fully saturated rings. The fraction of sp³-hybridized carbons (Fsp3) is 0.150. The van der Waals surface area contributed by atoms with Gasteiger partial charge in [-0.2, -0.15) is 0 Å². The van der Waals surface area contributed by atoms with E-state index in [9.17, 15) is 9.90 Å². The summed E-state index contributed by atoms with van der Waals surface area (Å²) in [7, 11) is 0. The van der Waals surface area contributed by atoms with Crippen molar-refractivity contribution in [3.05, 3.63) is 76.2 Å². The zero-order valence-electron chi connectivity index (χ0n) is 13.0. The summed E-state index contributed by atoms with van der Waals surface area (Å²) in [6.07, 6.45) is 3.24. The van der Waals surface area contributed by atoms with E-state index in [1.807, 2.05) is 48.5 Å². The lowest BCUT2D eigenvalue weighted by molar-refractivity contribution is -0.132. The molecule has 1 N–H and O–H groups in total. The number of thiophene rings is 1. The largest absolute Gasteiger partial charge is 0.478 e. The Kier molecular flexibility index (Phi) is 4.58. The summed E-state index contributed by atoms with van der Waals surface area (Å²) in [4.78, 5) is 13.0. The Morgan fingerprint density at radius 1 is 1.13 bits per heavy atom. The third kappa shape index (κ3) is 3.51. The maximum atomic E-state index is 11.6. The highest BCUT2D eigenvalue weighted by Crippen LogP contribution is 2.30. The standard InChI is InChI=1S/C20H18O2S/c1-2-17-13-18-15(9-6-10-19(18)23-17)12-16(20(21)22)11-14-7-4-3-5-8-14/h3-10,12-13H,2,11H2,1H3,(H,21,22)/b16-12-. The van der Waals surface area contributed by atoms with Crippen molar-refractivity contribution in [3.8, 4) is 0 Å². The van der Waals surface area contributed by atoms with E-state index >= 15 is 0 Å². The molecule has 1 heterocycles. The van der Waals surface area contributed by atoms with Crippen molar-refractivity contribution >= 4 is 33.5 Å². The van der Waals surface area contributed by atoms with Gasteiger partial charge in [0.05, 0.1) is 0 Å². The first kappa shape index (κ1) is 15.5. The normalized spacial score (nSPS) is 11.8. The molecule has 3 rings (SSSR count). The van der Waals surface area contributed by atoms with Crippen LogP contribution in [0, 0.1) is 0 Å². The zero-order chi connectivity index (χ0) is 16.2. The van der Waals surface area contributed by atoms with Crippen LogP contribution in [0.25, 0.3) is 16.2 Å². The molecule has 3 heteroatoms. The van der Waals surface area contributed by atoms with Crippen LogP contribution in [0.2, 0.25) is 0 Å². The van der Waals surface area contributed by atoms with E-state index in [4.69, 9.17) is 0 Å². The number of aliphatic carboxylic acids is 1. The SMILES string of the molecule is CCc1cc2c(/C=C(/Cc3ccccc3)C(=O)O)cccc2s1. The topological polar surface area (TPSA) is 37.3 Å². The van der Waals surface area contributed by atoms with Gasteiger partial charge in [-0.3, -0.25) is 0 Å². The van der Waals surface area contributed by atoms with Gasteiger partial charge in [-0.1, -0.05) is 49.4 Å². The van der Waals surface area contributed by atoms with Gasteiger partial charge in [0.2, 0.25) is 0 Å². The summed E-state index contributed by atoms with van der Waals surface area (Å²) in [5, 5.41) is 10.7. The predicted octanol–water partition coefficient (Wildman–Crippen LogP) is 5.17. The molecule has 0 aliphatic carbocycles. The lowest BCUT2D eigenvalue weighted by Gasteiger charge is -2.04. The molecule has 2 nitrogen and oxygen atoms in total. The molecule has 2 aromatic carbocycles. The minimum Gasteiger partial charge on any atom is -0.478 e. The van der Waals surface area contributed by atoms with Crippen LogP contribution in [0.5, 0.6) is 0 Å². The second-order valence-corrected chi connectivity index (χ2v) is 6.63. The van der Waals surface area contributed by atoms with Crippen LogP contribution in [0.3, 0.4) is 0 Å². The summed E-state index contributed by atoms with van der Waals surface area (Å²) in [6, 6.07) is 18.0. The van der Waals surface area contributed by atoms with Gasteiger partial charge in [0.15, 0.2) is 0 Å². The minimum absolute atomic E-state index is 0.410. The third-order valence-corrected chi connectivity index (χ3v) is 5.08. The van der Waals surface area contributed by atoms with Crippen LogP contribution in [-0.2, 0) is 17.6 Å². The second kappa shape index (κ2) is 6.80. The van der Waals surface area contributed by atoms with E-state index < -0.39 is 5.97 Å². The second-order valence-electron chi connectivity index (χ2n) is 5.46. The summed E-state index contributed by atoms with van der Waals surface area (Å²) in [5.74, 6) is -0.864. The summed E-state index contributed by atoms with van der Waals surface area (Å²) >= 11 is 1.77. The lowest BCUT2D eigenvalue weighted by atomic mass is 10.0. The molecular weight excluding hydrogens is 304 g/mol. The van der Waals surface area contributed by atoms with Crippen molar-refractivity contribution in [2.45, 2.75) is 19.8 Å². The van der Waals surface area contributed by atoms with Gasteiger partial charge in [-0.05, 0) is 41.1 Å². The highest BCUT2D eigenvalue weighted by Gasteiger charge is 2.11. The Balaban J connectivity index is 2.03. The van der Waals surface area contributed by atoms with E-state index in [1.54, 1.807) is 11.3 Å². The molecule has 0 saturated carbocycles. The highest BCUT2D eigenvalue weighted by molar-refractivity contribution is 7.19. The molecule has 1 aromatic heterocycles. The van der Waals surface area contributed by atoms with Gasteiger partial charge in [-0.25, -0.2) is 4.79 Å². The molecule has 0 radical (unpaired) electrons. The van der Waals surface area contributed by atoms with Crippen LogP contribution in [-0.4, -0.2) is 11.1 Å². The molecule has 3 aromatic rings. The number of carboxylic acids is 1. The Morgan fingerprint density at radius 3 is 2.61 bits per heavy atom. The average Bonchev–Trinajstić information content (AvgIpc) is 2.99. The number of carbonyl (C=O) groups is 1. The fourth-order valence-corrected chi connectivity index (χ4v) is 3.67. The van der Waals surface area contributed by atoms with Crippen molar-refractivity contribution in [3.63, 3.8) is 0 Å². The Morgan fingerprint density at radius 2 is 1.91 bits per heavy atom. The van der Waals surface area contributed by atoms with E-state index in [2.05, 4.69) is 19.1 Å². The zero-order valence-corrected chi connectivity index (χ0v) is 13.8. The van der Waals surface area contributed by atoms with Crippen LogP contribution < -0.4 is 0 Å². The molecular formula is C20H18O2S. The maximum absolute atomic E-state index is 11.6. The van der Waals surface area contributed by atoms with Gasteiger partial charge >= 0.3 is 5.97 Å². The first-order chi connectivity index (χ1) is 11.2. The predicted molar refractivity (Wildman–Crippen MR) is 97.0 cm³/mol. The van der Waals surface area contributed by atoms with E-state index in [1.165, 1.54) is 9.58 Å². The molecule has 0 spiro atoms. The van der Waals surface area contributed by atoms with Gasteiger partial charge in [0.1, 0.15) is 0 Å². The molecule has 0 bridgehead atoms. The van der Waals surface area contributed by atoms with Gasteiger partial charge in [0.25, 0.3) is 0 Å². The third-order valence-electron chi connectivity index (χ3n) is 3.84. The first-order valence-electron chi connectivity index (χ1n) is 7.66. The van der Waals surface area contributed by atoms with Crippen molar-refractivity contribution in [2.75, 3.05) is 0 Å². The van der Waals surface area contributed by atoms with Crippen molar-refractivity contribution in [2.24, 2.45) is 0 Å². The number of aryl methyl sites for hydroxylation is 1. The Labute approximate surface area is 139 Å². The van der Waals surface area contributed by atoms with Gasteiger partial charge in [-0.15, -0.1) is 11.3 Å². The van der Waals surface area contributed by atoms with Crippen LogP contribution in [0.4, 0.5) is 0 Å². The van der Waals surface area contributed by atoms with E-state index in [0.717, 1.165) is 22.9 Å². The first-order valence-corrected chi connectivity index (χ1v) is 8.48. The summed E-state index contributed by atoms with van der Waals surface area (Å²) in [6.45, 7) is 2.14. The quantitative estimate of drug-likeness (QED) is 0.658. The summed E-state index contributed by atoms with van der Waals surface area (Å²) < 4.78 is 1.21. The van der Waals surface area contributed by atoms with Crippen molar-refractivity contribution in [1.29, 1.82) is 0 Å². The molecule has 0 unspecified atom stereocenters. The number of hydrogen-bond acceptors (Lipinski definition) is 2. The monoisotopic (exact) mass is 322 g/mol. The minimum atomic E-state index is -0.864. The number of fused-ring (bicyclic) bond motifs is 1. The lowest BCUT2D eigenvalue weighted by Crippen LogP contribution is -2.03. The fourth-order valence-electron chi connectivity index (χ4n) is 2.63. The summed E-state index contributed by atoms with van der Waals surface area (Å²) in [5.41, 5.74) is 2.40. The molecule has 0 atom stereocenters. The van der Waals surface area contributed by atoms with Crippen LogP contribution >= 0.6 is 11.3 Å². The Hall–Kier alpha value is -2.39. The smallest absolute Gasteiger partial charge is 0.331 e. The average molecular weight is 322 g/mol. The number of carboxylic acid groups (broad SMARTS) is 1.